The molecule has 4 rings (SSSR count). The second-order valence-electron chi connectivity index (χ2n) is 9.90. The van der Waals surface area contributed by atoms with E-state index in [0.717, 1.165) is 53.1 Å². The molecule has 1 aliphatic carbocycles. The second-order valence-corrected chi connectivity index (χ2v) is 10.3. The molecule has 2 unspecified atom stereocenters. The summed E-state index contributed by atoms with van der Waals surface area (Å²) in [5, 5.41) is 4.14. The first-order valence-corrected chi connectivity index (χ1v) is 12.9. The number of hydrogen-bond donors (Lipinski definition) is 1. The lowest BCUT2D eigenvalue weighted by molar-refractivity contribution is -0.168. The van der Waals surface area contributed by atoms with Crippen LogP contribution in [0, 0.1) is 5.92 Å². The SMILES string of the molecule is CCNc1ccc2c(c1)C(OCCC1CCCCC1)C(OCc1ccccc1Cl)C(C)(C)O2. The highest BCUT2D eigenvalue weighted by Crippen LogP contribution is 2.45. The van der Waals surface area contributed by atoms with Crippen LogP contribution in [0.2, 0.25) is 5.02 Å². The molecule has 1 fully saturated rings. The molecule has 1 heterocycles. The van der Waals surface area contributed by atoms with Crippen molar-refractivity contribution in [3.8, 4) is 5.75 Å². The molecule has 0 amide bonds. The van der Waals surface area contributed by atoms with E-state index in [1.807, 2.05) is 24.3 Å². The third-order valence-corrected chi connectivity index (χ3v) is 7.32. The maximum atomic E-state index is 6.65. The molecule has 33 heavy (non-hydrogen) atoms. The average molecular weight is 472 g/mol. The summed E-state index contributed by atoms with van der Waals surface area (Å²) in [5.74, 6) is 1.66. The van der Waals surface area contributed by atoms with Gasteiger partial charge in [0.1, 0.15) is 23.6 Å². The third-order valence-electron chi connectivity index (χ3n) is 6.95. The van der Waals surface area contributed by atoms with E-state index in [1.54, 1.807) is 0 Å². The first kappa shape index (κ1) is 24.4. The molecule has 4 nitrogen and oxygen atoms in total. The van der Waals surface area contributed by atoms with Crippen LogP contribution in [0.25, 0.3) is 0 Å². The van der Waals surface area contributed by atoms with Crippen molar-refractivity contribution in [3.05, 3.63) is 58.6 Å². The van der Waals surface area contributed by atoms with Crippen LogP contribution in [0.1, 0.15) is 76.5 Å². The van der Waals surface area contributed by atoms with E-state index >= 15 is 0 Å². The molecular formula is C28H38ClNO3. The van der Waals surface area contributed by atoms with Gasteiger partial charge in [-0.1, -0.05) is 61.9 Å². The molecule has 2 aromatic rings. The van der Waals surface area contributed by atoms with E-state index in [0.29, 0.717) is 6.61 Å². The van der Waals surface area contributed by atoms with Crippen LogP contribution in [-0.4, -0.2) is 24.9 Å². The molecule has 1 aliphatic heterocycles. The molecule has 0 spiro atoms. The Morgan fingerprint density at radius 1 is 1.06 bits per heavy atom. The Labute approximate surface area is 204 Å². The minimum atomic E-state index is -0.538. The normalized spacial score (nSPS) is 22.4. The molecule has 1 N–H and O–H groups in total. The summed E-state index contributed by atoms with van der Waals surface area (Å²) in [6.45, 7) is 8.30. The quantitative estimate of drug-likeness (QED) is 0.409. The van der Waals surface area contributed by atoms with Crippen LogP contribution in [0.3, 0.4) is 0 Å². The summed E-state index contributed by atoms with van der Waals surface area (Å²) in [6.07, 6.45) is 7.40. The molecule has 180 valence electrons. The molecule has 0 aromatic heterocycles. The van der Waals surface area contributed by atoms with Crippen LogP contribution in [0.15, 0.2) is 42.5 Å². The summed E-state index contributed by atoms with van der Waals surface area (Å²) in [4.78, 5) is 0. The van der Waals surface area contributed by atoms with Crippen LogP contribution in [0.5, 0.6) is 5.75 Å². The van der Waals surface area contributed by atoms with Crippen molar-refractivity contribution >= 4 is 17.3 Å². The Kier molecular flexibility index (Phi) is 8.21. The van der Waals surface area contributed by atoms with Crippen LogP contribution >= 0.6 is 11.6 Å². The van der Waals surface area contributed by atoms with Gasteiger partial charge in [-0.2, -0.15) is 0 Å². The Morgan fingerprint density at radius 2 is 1.85 bits per heavy atom. The van der Waals surface area contributed by atoms with Gasteiger partial charge >= 0.3 is 0 Å². The van der Waals surface area contributed by atoms with Crippen LogP contribution < -0.4 is 10.1 Å². The van der Waals surface area contributed by atoms with Gasteiger partial charge in [0, 0.05) is 29.4 Å². The molecule has 1 saturated carbocycles. The molecular weight excluding hydrogens is 434 g/mol. The lowest BCUT2D eigenvalue weighted by Crippen LogP contribution is -2.51. The standard InChI is InChI=1S/C28H38ClNO3/c1-4-30-22-14-15-25-23(18-22)26(31-17-16-20-10-6-5-7-11-20)27(28(2,3)33-25)32-19-21-12-8-9-13-24(21)29/h8-9,12-15,18,20,26-27,30H,4-7,10-11,16-17,19H2,1-3H3. The van der Waals surface area contributed by atoms with Gasteiger partial charge in [0.25, 0.3) is 0 Å². The highest BCUT2D eigenvalue weighted by atomic mass is 35.5. The van der Waals surface area contributed by atoms with E-state index in [2.05, 4.69) is 44.3 Å². The Balaban J connectivity index is 1.56. The number of anilines is 1. The zero-order valence-corrected chi connectivity index (χ0v) is 21.0. The number of hydrogen-bond acceptors (Lipinski definition) is 4. The van der Waals surface area contributed by atoms with Gasteiger partial charge in [-0.05, 0) is 62.9 Å². The van der Waals surface area contributed by atoms with Crippen molar-refractivity contribution in [3.63, 3.8) is 0 Å². The van der Waals surface area contributed by atoms with Gasteiger partial charge in [-0.3, -0.25) is 0 Å². The zero-order valence-electron chi connectivity index (χ0n) is 20.2. The Morgan fingerprint density at radius 3 is 2.61 bits per heavy atom. The second kappa shape index (κ2) is 11.1. The van der Waals surface area contributed by atoms with Gasteiger partial charge in [-0.25, -0.2) is 0 Å². The summed E-state index contributed by atoms with van der Waals surface area (Å²) in [6, 6.07) is 14.1. The fourth-order valence-electron chi connectivity index (χ4n) is 5.14. The first-order valence-electron chi connectivity index (χ1n) is 12.5. The van der Waals surface area contributed by atoms with Gasteiger partial charge in [0.2, 0.25) is 0 Å². The number of rotatable bonds is 9. The number of nitrogens with one attached hydrogen (secondary N) is 1. The van der Waals surface area contributed by atoms with Gasteiger partial charge in [0.15, 0.2) is 0 Å². The highest BCUT2D eigenvalue weighted by molar-refractivity contribution is 6.31. The predicted molar refractivity (Wildman–Crippen MR) is 135 cm³/mol. The minimum absolute atomic E-state index is 0.201. The third kappa shape index (κ3) is 6.03. The fourth-order valence-corrected chi connectivity index (χ4v) is 5.33. The zero-order chi connectivity index (χ0) is 23.3. The summed E-state index contributed by atoms with van der Waals surface area (Å²) >= 11 is 6.40. The Hall–Kier alpha value is -1.75. The van der Waals surface area contributed by atoms with E-state index in [1.165, 1.54) is 32.1 Å². The topological polar surface area (TPSA) is 39.7 Å². The summed E-state index contributed by atoms with van der Waals surface area (Å²) in [5.41, 5.74) is 2.57. The van der Waals surface area contributed by atoms with Gasteiger partial charge < -0.3 is 19.5 Å². The lowest BCUT2D eigenvalue weighted by atomic mass is 9.86. The van der Waals surface area contributed by atoms with E-state index in [4.69, 9.17) is 25.8 Å². The molecule has 5 heteroatoms. The molecule has 2 aliphatic rings. The number of ether oxygens (including phenoxy) is 3. The number of fused-ring (bicyclic) bond motifs is 1. The predicted octanol–water partition coefficient (Wildman–Crippen LogP) is 7.56. The van der Waals surface area contributed by atoms with Crippen LogP contribution in [-0.2, 0) is 16.1 Å². The average Bonchev–Trinajstić information content (AvgIpc) is 2.80. The van der Waals surface area contributed by atoms with Crippen molar-refractivity contribution in [2.75, 3.05) is 18.5 Å². The fraction of sp³-hybridized carbons (Fsp3) is 0.571. The lowest BCUT2D eigenvalue weighted by Gasteiger charge is -2.44. The molecule has 2 aromatic carbocycles. The smallest absolute Gasteiger partial charge is 0.132 e. The van der Waals surface area contributed by atoms with Crippen molar-refractivity contribution in [1.29, 1.82) is 0 Å². The van der Waals surface area contributed by atoms with Crippen molar-refractivity contribution in [1.82, 2.24) is 0 Å². The molecule has 0 bridgehead atoms. The first-order chi connectivity index (χ1) is 16.0. The number of halogens is 1. The van der Waals surface area contributed by atoms with E-state index in [9.17, 15) is 0 Å². The maximum Gasteiger partial charge on any atom is 0.132 e. The molecule has 0 saturated heterocycles. The largest absolute Gasteiger partial charge is 0.485 e. The Bertz CT molecular complexity index is 910. The maximum absolute atomic E-state index is 6.65. The van der Waals surface area contributed by atoms with Crippen molar-refractivity contribution in [2.45, 2.75) is 83.7 Å². The summed E-state index contributed by atoms with van der Waals surface area (Å²) in [7, 11) is 0. The molecule has 0 radical (unpaired) electrons. The van der Waals surface area contributed by atoms with E-state index < -0.39 is 5.60 Å². The van der Waals surface area contributed by atoms with Crippen molar-refractivity contribution in [2.24, 2.45) is 5.92 Å². The van der Waals surface area contributed by atoms with Crippen LogP contribution in [0.4, 0.5) is 5.69 Å². The van der Waals surface area contributed by atoms with E-state index in [-0.39, 0.29) is 12.2 Å². The highest BCUT2D eigenvalue weighted by Gasteiger charge is 2.45. The molecule has 2 atom stereocenters. The monoisotopic (exact) mass is 471 g/mol. The van der Waals surface area contributed by atoms with Gasteiger partial charge in [-0.15, -0.1) is 0 Å². The minimum Gasteiger partial charge on any atom is -0.485 e. The summed E-state index contributed by atoms with van der Waals surface area (Å²) < 4.78 is 19.6. The van der Waals surface area contributed by atoms with Gasteiger partial charge in [0.05, 0.1) is 6.61 Å². The van der Waals surface area contributed by atoms with Crippen molar-refractivity contribution < 1.29 is 14.2 Å². The number of benzene rings is 2.